The van der Waals surface area contributed by atoms with Crippen LogP contribution in [0.3, 0.4) is 0 Å². The van der Waals surface area contributed by atoms with E-state index in [1.807, 2.05) is 42.5 Å². The molecule has 1 aliphatic heterocycles. The Balaban J connectivity index is 2.12. The monoisotopic (exact) mass is 255 g/mol. The second-order valence-electron chi connectivity index (χ2n) is 5.05. The van der Waals surface area contributed by atoms with Crippen LogP contribution in [0.1, 0.15) is 24.4 Å². The molecule has 0 amide bonds. The van der Waals surface area contributed by atoms with Crippen LogP contribution in [0.2, 0.25) is 0 Å². The zero-order valence-electron chi connectivity index (χ0n) is 10.7. The standard InChI is InChI=1S/C16H17NO2/c18-16(19)15(17-10-3-4-11-17)14-9-5-7-12-6-1-2-8-13(12)14/h1-2,5-9,15H,3-4,10-11H2,(H,18,19). The fourth-order valence-corrected chi connectivity index (χ4v) is 2.97. The number of carboxylic acids is 1. The molecule has 3 rings (SSSR count). The number of fused-ring (bicyclic) bond motifs is 1. The molecule has 1 atom stereocenters. The summed E-state index contributed by atoms with van der Waals surface area (Å²) in [5.74, 6) is -0.752. The van der Waals surface area contributed by atoms with E-state index in [4.69, 9.17) is 0 Å². The summed E-state index contributed by atoms with van der Waals surface area (Å²) in [6, 6.07) is 13.4. The van der Waals surface area contributed by atoms with Gasteiger partial charge in [-0.1, -0.05) is 42.5 Å². The minimum atomic E-state index is -0.752. The van der Waals surface area contributed by atoms with Crippen LogP contribution in [0.25, 0.3) is 10.8 Å². The summed E-state index contributed by atoms with van der Waals surface area (Å²) in [5.41, 5.74) is 0.910. The third-order valence-corrected chi connectivity index (χ3v) is 3.86. The molecule has 0 aliphatic carbocycles. The normalized spacial score (nSPS) is 17.7. The molecule has 1 unspecified atom stereocenters. The molecular formula is C16H17NO2. The maximum atomic E-state index is 11.7. The molecule has 2 aromatic carbocycles. The van der Waals surface area contributed by atoms with Gasteiger partial charge in [-0.25, -0.2) is 0 Å². The van der Waals surface area contributed by atoms with Gasteiger partial charge in [-0.3, -0.25) is 9.69 Å². The third-order valence-electron chi connectivity index (χ3n) is 3.86. The Hall–Kier alpha value is -1.87. The van der Waals surface area contributed by atoms with Crippen LogP contribution in [0.4, 0.5) is 0 Å². The van der Waals surface area contributed by atoms with E-state index in [9.17, 15) is 9.90 Å². The minimum Gasteiger partial charge on any atom is -0.480 e. The molecule has 98 valence electrons. The quantitative estimate of drug-likeness (QED) is 0.916. The van der Waals surface area contributed by atoms with Crippen molar-refractivity contribution in [3.05, 3.63) is 48.0 Å². The van der Waals surface area contributed by atoms with Gasteiger partial charge in [-0.15, -0.1) is 0 Å². The maximum Gasteiger partial charge on any atom is 0.325 e. The molecule has 0 bridgehead atoms. The molecule has 1 heterocycles. The lowest BCUT2D eigenvalue weighted by molar-refractivity contribution is -0.143. The van der Waals surface area contributed by atoms with E-state index >= 15 is 0 Å². The predicted octanol–water partition coefficient (Wildman–Crippen LogP) is 3.06. The molecule has 1 fully saturated rings. The first-order valence-electron chi connectivity index (χ1n) is 6.72. The highest BCUT2D eigenvalue weighted by Crippen LogP contribution is 2.30. The number of carboxylic acid groups (broad SMARTS) is 1. The lowest BCUT2D eigenvalue weighted by Crippen LogP contribution is -2.31. The van der Waals surface area contributed by atoms with Crippen LogP contribution in [0, 0.1) is 0 Å². The fraction of sp³-hybridized carbons (Fsp3) is 0.312. The van der Waals surface area contributed by atoms with E-state index in [-0.39, 0.29) is 0 Å². The van der Waals surface area contributed by atoms with Crippen LogP contribution in [0.15, 0.2) is 42.5 Å². The lowest BCUT2D eigenvalue weighted by Gasteiger charge is -2.25. The summed E-state index contributed by atoms with van der Waals surface area (Å²) in [7, 11) is 0. The Labute approximate surface area is 112 Å². The maximum absolute atomic E-state index is 11.7. The molecule has 0 aromatic heterocycles. The number of carbonyl (C=O) groups is 1. The number of aliphatic carboxylic acids is 1. The van der Waals surface area contributed by atoms with Crippen molar-refractivity contribution in [1.82, 2.24) is 4.90 Å². The predicted molar refractivity (Wildman–Crippen MR) is 75.1 cm³/mol. The van der Waals surface area contributed by atoms with Gasteiger partial charge in [0.15, 0.2) is 0 Å². The first kappa shape index (κ1) is 12.2. The van der Waals surface area contributed by atoms with Crippen LogP contribution < -0.4 is 0 Å². The Morgan fingerprint density at radius 2 is 1.74 bits per heavy atom. The number of benzene rings is 2. The van der Waals surface area contributed by atoms with Crippen LogP contribution in [-0.2, 0) is 4.79 Å². The van der Waals surface area contributed by atoms with Crippen LogP contribution >= 0.6 is 0 Å². The first-order chi connectivity index (χ1) is 9.27. The zero-order valence-corrected chi connectivity index (χ0v) is 10.7. The molecule has 0 spiro atoms. The summed E-state index contributed by atoms with van der Waals surface area (Å²) < 4.78 is 0. The average molecular weight is 255 g/mol. The van der Waals surface area contributed by atoms with E-state index in [0.717, 1.165) is 42.3 Å². The molecule has 1 saturated heterocycles. The van der Waals surface area contributed by atoms with Crippen molar-refractivity contribution in [3.8, 4) is 0 Å². The topological polar surface area (TPSA) is 40.5 Å². The Kier molecular flexibility index (Phi) is 3.22. The minimum absolute atomic E-state index is 0.520. The number of nitrogens with zero attached hydrogens (tertiary/aromatic N) is 1. The largest absolute Gasteiger partial charge is 0.480 e. The highest BCUT2D eigenvalue weighted by atomic mass is 16.4. The second-order valence-corrected chi connectivity index (χ2v) is 5.05. The summed E-state index contributed by atoms with van der Waals surface area (Å²) in [5, 5.41) is 11.8. The van der Waals surface area contributed by atoms with E-state index in [1.165, 1.54) is 0 Å². The van der Waals surface area contributed by atoms with Crippen molar-refractivity contribution in [2.45, 2.75) is 18.9 Å². The number of likely N-dealkylation sites (tertiary alicyclic amines) is 1. The highest BCUT2D eigenvalue weighted by Gasteiger charge is 2.30. The van der Waals surface area contributed by atoms with Gasteiger partial charge in [0.1, 0.15) is 6.04 Å². The number of hydrogen-bond donors (Lipinski definition) is 1. The molecule has 0 saturated carbocycles. The lowest BCUT2D eigenvalue weighted by atomic mass is 9.98. The zero-order chi connectivity index (χ0) is 13.2. The molecule has 3 nitrogen and oxygen atoms in total. The van der Waals surface area contributed by atoms with E-state index in [2.05, 4.69) is 4.90 Å². The van der Waals surface area contributed by atoms with Crippen molar-refractivity contribution in [3.63, 3.8) is 0 Å². The van der Waals surface area contributed by atoms with Gasteiger partial charge in [-0.05, 0) is 42.3 Å². The Bertz CT molecular complexity index is 597. The molecule has 0 radical (unpaired) electrons. The van der Waals surface area contributed by atoms with Gasteiger partial charge >= 0.3 is 5.97 Å². The summed E-state index contributed by atoms with van der Waals surface area (Å²) in [6.07, 6.45) is 2.18. The van der Waals surface area contributed by atoms with E-state index in [1.54, 1.807) is 0 Å². The van der Waals surface area contributed by atoms with E-state index < -0.39 is 12.0 Å². The molecule has 19 heavy (non-hydrogen) atoms. The smallest absolute Gasteiger partial charge is 0.325 e. The van der Waals surface area contributed by atoms with Gasteiger partial charge in [0.05, 0.1) is 0 Å². The fourth-order valence-electron chi connectivity index (χ4n) is 2.97. The SMILES string of the molecule is O=C(O)C(c1cccc2ccccc12)N1CCCC1. The van der Waals surface area contributed by atoms with Crippen molar-refractivity contribution in [1.29, 1.82) is 0 Å². The second kappa shape index (κ2) is 5.02. The van der Waals surface area contributed by atoms with Crippen LogP contribution in [0.5, 0.6) is 0 Å². The third kappa shape index (κ3) is 2.22. The van der Waals surface area contributed by atoms with Crippen molar-refractivity contribution < 1.29 is 9.90 Å². The van der Waals surface area contributed by atoms with Crippen molar-refractivity contribution in [2.75, 3.05) is 13.1 Å². The summed E-state index contributed by atoms with van der Waals surface area (Å²) >= 11 is 0. The highest BCUT2D eigenvalue weighted by molar-refractivity contribution is 5.90. The van der Waals surface area contributed by atoms with Gasteiger partial charge < -0.3 is 5.11 Å². The van der Waals surface area contributed by atoms with Crippen molar-refractivity contribution >= 4 is 16.7 Å². The Morgan fingerprint density at radius 3 is 2.47 bits per heavy atom. The van der Waals surface area contributed by atoms with Gasteiger partial charge in [0, 0.05) is 0 Å². The van der Waals surface area contributed by atoms with E-state index in [0.29, 0.717) is 0 Å². The first-order valence-corrected chi connectivity index (χ1v) is 6.72. The van der Waals surface area contributed by atoms with Gasteiger partial charge in [0.25, 0.3) is 0 Å². The summed E-state index contributed by atoms with van der Waals surface area (Å²) in [6.45, 7) is 1.75. The molecule has 3 heteroatoms. The van der Waals surface area contributed by atoms with Gasteiger partial charge in [-0.2, -0.15) is 0 Å². The average Bonchev–Trinajstić information content (AvgIpc) is 2.93. The molecule has 1 N–H and O–H groups in total. The van der Waals surface area contributed by atoms with Crippen molar-refractivity contribution in [2.24, 2.45) is 0 Å². The molecular weight excluding hydrogens is 238 g/mol. The number of rotatable bonds is 3. The van der Waals surface area contributed by atoms with Gasteiger partial charge in [0.2, 0.25) is 0 Å². The number of hydrogen-bond acceptors (Lipinski definition) is 2. The van der Waals surface area contributed by atoms with Crippen LogP contribution in [-0.4, -0.2) is 29.1 Å². The molecule has 1 aliphatic rings. The molecule has 2 aromatic rings. The summed E-state index contributed by atoms with van der Waals surface area (Å²) in [4.78, 5) is 13.8. The Morgan fingerprint density at radius 1 is 1.05 bits per heavy atom.